The Labute approximate surface area is 137 Å². The van der Waals surface area contributed by atoms with Crippen LogP contribution in [0.15, 0.2) is 59.1 Å². The Kier molecular flexibility index (Phi) is 3.82. The summed E-state index contributed by atoms with van der Waals surface area (Å²) in [7, 11) is 1.76. The molecule has 2 aromatic carbocycles. The van der Waals surface area contributed by atoms with Crippen molar-refractivity contribution < 1.29 is 4.79 Å². The van der Waals surface area contributed by atoms with Gasteiger partial charge in [0.05, 0.1) is 0 Å². The fraction of sp³-hybridized carbons (Fsp3) is 0.188. The van der Waals surface area contributed by atoms with Gasteiger partial charge in [0.25, 0.3) is 5.91 Å². The maximum atomic E-state index is 12.9. The number of nitrogens with one attached hydrogen (secondary N) is 1. The molecule has 1 N–H and O–H groups in total. The monoisotopic (exact) mass is 362 g/mol. The normalized spacial score (nSPS) is 25.4. The number of rotatable bonds is 2. The van der Waals surface area contributed by atoms with Crippen LogP contribution in [0.1, 0.15) is 11.1 Å². The van der Waals surface area contributed by atoms with Gasteiger partial charge >= 0.3 is 0 Å². The molecule has 0 bridgehead atoms. The molecule has 1 saturated heterocycles. The van der Waals surface area contributed by atoms with Gasteiger partial charge in [-0.1, -0.05) is 58.4 Å². The smallest absolute Gasteiger partial charge is 0.253 e. The minimum Gasteiger partial charge on any atom is -0.319 e. The fourth-order valence-corrected chi connectivity index (χ4v) is 3.42. The number of thiol groups is 1. The van der Waals surface area contributed by atoms with E-state index in [1.807, 2.05) is 54.6 Å². The van der Waals surface area contributed by atoms with E-state index in [-0.39, 0.29) is 11.4 Å². The van der Waals surface area contributed by atoms with Crippen LogP contribution in [-0.4, -0.2) is 23.4 Å². The topological polar surface area (TPSA) is 32.3 Å². The summed E-state index contributed by atoms with van der Waals surface area (Å²) in [6, 6.07) is 17.6. The zero-order valence-electron chi connectivity index (χ0n) is 11.5. The van der Waals surface area contributed by atoms with Crippen molar-refractivity contribution in [3.8, 4) is 0 Å². The zero-order valence-corrected chi connectivity index (χ0v) is 13.9. The van der Waals surface area contributed by atoms with Gasteiger partial charge in [0.1, 0.15) is 5.50 Å². The van der Waals surface area contributed by atoms with E-state index in [2.05, 4.69) is 33.9 Å². The van der Waals surface area contributed by atoms with Gasteiger partial charge in [-0.05, 0) is 23.3 Å². The summed E-state index contributed by atoms with van der Waals surface area (Å²) in [6.45, 7) is 0. The van der Waals surface area contributed by atoms with Crippen molar-refractivity contribution in [2.75, 3.05) is 7.05 Å². The molecule has 21 heavy (non-hydrogen) atoms. The third-order valence-electron chi connectivity index (χ3n) is 3.82. The SMILES string of the molecule is CN1C(=O)C(c2ccccc2)(c2cccc(Br)c2)NC1S. The molecule has 1 fully saturated rings. The summed E-state index contributed by atoms with van der Waals surface area (Å²) in [5.41, 5.74) is 0.594. The van der Waals surface area contributed by atoms with Gasteiger partial charge in [0.15, 0.2) is 5.54 Å². The molecular weight excluding hydrogens is 348 g/mol. The predicted molar refractivity (Wildman–Crippen MR) is 90.0 cm³/mol. The third kappa shape index (κ3) is 2.29. The molecule has 1 amide bonds. The first-order valence-electron chi connectivity index (χ1n) is 6.60. The molecule has 0 radical (unpaired) electrons. The summed E-state index contributed by atoms with van der Waals surface area (Å²) in [5, 5.41) is 3.35. The number of hydrogen-bond donors (Lipinski definition) is 2. The van der Waals surface area contributed by atoms with Crippen molar-refractivity contribution in [1.29, 1.82) is 0 Å². The first-order chi connectivity index (χ1) is 10.1. The highest BCUT2D eigenvalue weighted by Crippen LogP contribution is 2.38. The van der Waals surface area contributed by atoms with E-state index in [1.165, 1.54) is 0 Å². The second kappa shape index (κ2) is 5.48. The lowest BCUT2D eigenvalue weighted by molar-refractivity contribution is -0.130. The maximum absolute atomic E-state index is 12.9. The highest BCUT2D eigenvalue weighted by molar-refractivity contribution is 9.10. The Morgan fingerprint density at radius 2 is 1.81 bits per heavy atom. The molecule has 108 valence electrons. The van der Waals surface area contributed by atoms with E-state index >= 15 is 0 Å². The molecule has 2 atom stereocenters. The fourth-order valence-electron chi connectivity index (χ4n) is 2.72. The lowest BCUT2D eigenvalue weighted by Gasteiger charge is -2.28. The Bertz CT molecular complexity index is 679. The molecular formula is C16H15BrN2OS. The Balaban J connectivity index is 2.24. The molecule has 1 heterocycles. The summed E-state index contributed by atoms with van der Waals surface area (Å²) in [4.78, 5) is 14.6. The minimum absolute atomic E-state index is 0.00759. The van der Waals surface area contributed by atoms with E-state index in [0.717, 1.165) is 15.6 Å². The molecule has 2 unspecified atom stereocenters. The molecule has 0 saturated carbocycles. The van der Waals surface area contributed by atoms with Crippen LogP contribution in [0.2, 0.25) is 0 Å². The average molecular weight is 363 g/mol. The lowest BCUT2D eigenvalue weighted by Crippen LogP contribution is -2.45. The molecule has 0 aromatic heterocycles. The number of carbonyl (C=O) groups is 1. The van der Waals surface area contributed by atoms with Crippen LogP contribution in [0.3, 0.4) is 0 Å². The number of amides is 1. The van der Waals surface area contributed by atoms with Gasteiger partial charge in [0, 0.05) is 11.5 Å². The van der Waals surface area contributed by atoms with Gasteiger partial charge in [-0.3, -0.25) is 10.1 Å². The van der Waals surface area contributed by atoms with Gasteiger partial charge in [-0.25, -0.2) is 0 Å². The summed E-state index contributed by atoms with van der Waals surface area (Å²) < 4.78 is 0.940. The van der Waals surface area contributed by atoms with Crippen molar-refractivity contribution in [3.05, 3.63) is 70.2 Å². The van der Waals surface area contributed by atoms with Crippen LogP contribution in [0.25, 0.3) is 0 Å². The number of hydrogen-bond acceptors (Lipinski definition) is 3. The minimum atomic E-state index is -0.897. The predicted octanol–water partition coefficient (Wildman–Crippen LogP) is 2.97. The molecule has 0 spiro atoms. The van der Waals surface area contributed by atoms with Gasteiger partial charge < -0.3 is 4.90 Å². The molecule has 5 heteroatoms. The number of carbonyl (C=O) groups excluding carboxylic acids is 1. The highest BCUT2D eigenvalue weighted by atomic mass is 79.9. The molecule has 2 aromatic rings. The van der Waals surface area contributed by atoms with Crippen LogP contribution in [0, 0.1) is 0 Å². The lowest BCUT2D eigenvalue weighted by atomic mass is 9.83. The van der Waals surface area contributed by atoms with E-state index in [1.54, 1.807) is 11.9 Å². The van der Waals surface area contributed by atoms with E-state index in [9.17, 15) is 4.79 Å². The molecule has 1 aliphatic heterocycles. The first kappa shape index (κ1) is 14.6. The van der Waals surface area contributed by atoms with Crippen molar-refractivity contribution in [1.82, 2.24) is 10.2 Å². The summed E-state index contributed by atoms with van der Waals surface area (Å²) >= 11 is 7.95. The van der Waals surface area contributed by atoms with Gasteiger partial charge in [-0.15, -0.1) is 12.6 Å². The summed E-state index contributed by atoms with van der Waals surface area (Å²) in [6.07, 6.45) is 0. The van der Waals surface area contributed by atoms with Crippen LogP contribution >= 0.6 is 28.6 Å². The van der Waals surface area contributed by atoms with Crippen molar-refractivity contribution in [2.45, 2.75) is 11.0 Å². The van der Waals surface area contributed by atoms with E-state index < -0.39 is 5.54 Å². The van der Waals surface area contributed by atoms with E-state index in [4.69, 9.17) is 0 Å². The molecule has 3 rings (SSSR count). The number of benzene rings is 2. The number of halogens is 1. The van der Waals surface area contributed by atoms with Gasteiger partial charge in [-0.2, -0.15) is 0 Å². The average Bonchev–Trinajstić information content (AvgIpc) is 2.73. The van der Waals surface area contributed by atoms with Crippen LogP contribution in [0.4, 0.5) is 0 Å². The third-order valence-corrected chi connectivity index (χ3v) is 4.79. The molecule has 3 nitrogen and oxygen atoms in total. The van der Waals surface area contributed by atoms with E-state index in [0.29, 0.717) is 0 Å². The van der Waals surface area contributed by atoms with Crippen molar-refractivity contribution >= 4 is 34.5 Å². The second-order valence-corrected chi connectivity index (χ2v) is 6.47. The first-order valence-corrected chi connectivity index (χ1v) is 7.91. The largest absolute Gasteiger partial charge is 0.319 e. The van der Waals surface area contributed by atoms with Crippen LogP contribution in [0.5, 0.6) is 0 Å². The summed E-state index contributed by atoms with van der Waals surface area (Å²) in [5.74, 6) is -0.00759. The van der Waals surface area contributed by atoms with Gasteiger partial charge in [0.2, 0.25) is 0 Å². The quantitative estimate of drug-likeness (QED) is 0.805. The maximum Gasteiger partial charge on any atom is 0.253 e. The highest BCUT2D eigenvalue weighted by Gasteiger charge is 2.51. The van der Waals surface area contributed by atoms with Crippen LogP contribution in [-0.2, 0) is 10.3 Å². The standard InChI is InChI=1S/C16H15BrN2OS/c1-19-14(20)16(18-15(19)21,11-6-3-2-4-7-11)12-8-5-9-13(17)10-12/h2-10,15,18,21H,1H3. The molecule has 0 aliphatic carbocycles. The van der Waals surface area contributed by atoms with Crippen molar-refractivity contribution in [3.63, 3.8) is 0 Å². The van der Waals surface area contributed by atoms with Crippen molar-refractivity contribution in [2.24, 2.45) is 0 Å². The zero-order chi connectivity index (χ0) is 15.0. The number of likely N-dealkylation sites (N-methyl/N-ethyl adjacent to an activating group) is 1. The Hall–Kier alpha value is -1.30. The second-order valence-electron chi connectivity index (χ2n) is 5.06. The van der Waals surface area contributed by atoms with Crippen LogP contribution < -0.4 is 5.32 Å². The molecule has 1 aliphatic rings. The Morgan fingerprint density at radius 3 is 2.38 bits per heavy atom. The Morgan fingerprint density at radius 1 is 1.14 bits per heavy atom. The number of nitrogens with zero attached hydrogens (tertiary/aromatic N) is 1.